The molecule has 4 aromatic carbocycles. The Balaban J connectivity index is 0.765. The van der Waals surface area contributed by atoms with Crippen LogP contribution in [0.25, 0.3) is 34.8 Å². The summed E-state index contributed by atoms with van der Waals surface area (Å²) in [5.41, 5.74) is 5.55. The van der Waals surface area contributed by atoms with Gasteiger partial charge in [0.05, 0.1) is 40.6 Å². The first-order chi connectivity index (χ1) is 32.9. The van der Waals surface area contributed by atoms with E-state index in [0.29, 0.717) is 85.3 Å². The van der Waals surface area contributed by atoms with Crippen molar-refractivity contribution in [2.45, 2.75) is 32.9 Å². The van der Waals surface area contributed by atoms with Gasteiger partial charge in [0.15, 0.2) is 0 Å². The van der Waals surface area contributed by atoms with Crippen LogP contribution in [0.15, 0.2) is 146 Å². The molecule has 0 spiro atoms. The third kappa shape index (κ3) is 12.2. The van der Waals surface area contributed by atoms with Crippen LogP contribution in [0.5, 0.6) is 0 Å². The molecule has 2 amide bonds. The van der Waals surface area contributed by atoms with Gasteiger partial charge in [0.2, 0.25) is 0 Å². The van der Waals surface area contributed by atoms with E-state index in [4.69, 9.17) is 42.7 Å². The molecule has 0 radical (unpaired) electrons. The highest BCUT2D eigenvalue weighted by Gasteiger charge is 2.33. The van der Waals surface area contributed by atoms with Crippen molar-refractivity contribution in [1.82, 2.24) is 14.7 Å². The largest absolute Gasteiger partial charge is 0.462 e. The molecule has 1 atom stereocenters. The van der Waals surface area contributed by atoms with Crippen molar-refractivity contribution in [3.05, 3.63) is 177 Å². The molecule has 2 fully saturated rings. The van der Waals surface area contributed by atoms with Crippen LogP contribution in [-0.4, -0.2) is 80.9 Å². The fourth-order valence-corrected chi connectivity index (χ4v) is 9.79. The van der Waals surface area contributed by atoms with Crippen LogP contribution in [0, 0.1) is 5.92 Å². The van der Waals surface area contributed by atoms with Crippen LogP contribution in [0.3, 0.4) is 0 Å². The summed E-state index contributed by atoms with van der Waals surface area (Å²) in [6.07, 6.45) is 4.89. The maximum absolute atomic E-state index is 13.5. The van der Waals surface area contributed by atoms with E-state index in [2.05, 4.69) is 19.1 Å². The van der Waals surface area contributed by atoms with E-state index < -0.39 is 5.97 Å². The molecule has 4 heterocycles. The number of carbonyl (C=O) groups excluding carboxylic acids is 4. The second kappa shape index (κ2) is 22.2. The average molecular weight is 982 g/mol. The van der Waals surface area contributed by atoms with Gasteiger partial charge in [-0.2, -0.15) is 0 Å². The van der Waals surface area contributed by atoms with Gasteiger partial charge in [-0.05, 0) is 98.1 Å². The van der Waals surface area contributed by atoms with E-state index in [1.54, 1.807) is 70.5 Å². The van der Waals surface area contributed by atoms with E-state index in [-0.39, 0.29) is 30.3 Å². The van der Waals surface area contributed by atoms with Crippen molar-refractivity contribution in [1.29, 1.82) is 0 Å². The number of furan rings is 2. The first-order valence-corrected chi connectivity index (χ1v) is 24.3. The summed E-state index contributed by atoms with van der Waals surface area (Å²) in [6.45, 7) is 4.12. The van der Waals surface area contributed by atoms with Crippen molar-refractivity contribution in [2.75, 3.05) is 33.9 Å². The molecular weight excluding hydrogens is 935 g/mol. The summed E-state index contributed by atoms with van der Waals surface area (Å²) in [6, 6.07) is 39.2. The number of thiocarbonyl (C=S) groups is 2. The maximum Gasteiger partial charge on any atom is 0.338 e. The molecule has 15 heteroatoms. The zero-order chi connectivity index (χ0) is 47.7. The molecule has 2 saturated heterocycles. The molecule has 68 heavy (non-hydrogen) atoms. The van der Waals surface area contributed by atoms with Gasteiger partial charge >= 0.3 is 11.9 Å². The number of benzene rings is 4. The molecule has 0 bridgehead atoms. The summed E-state index contributed by atoms with van der Waals surface area (Å²) in [5, 5.41) is 0. The van der Waals surface area contributed by atoms with Gasteiger partial charge in [-0.3, -0.25) is 19.4 Å². The Morgan fingerprint density at radius 3 is 1.56 bits per heavy atom. The highest BCUT2D eigenvalue weighted by atomic mass is 32.2. The maximum atomic E-state index is 13.5. The van der Waals surface area contributed by atoms with Gasteiger partial charge < -0.3 is 23.2 Å². The lowest BCUT2D eigenvalue weighted by Gasteiger charge is -2.16. The summed E-state index contributed by atoms with van der Waals surface area (Å²) < 4.78 is 24.0. The Morgan fingerprint density at radius 1 is 0.618 bits per heavy atom. The first kappa shape index (κ1) is 48.1. The lowest BCUT2D eigenvalue weighted by atomic mass is 9.97. The minimum absolute atomic E-state index is 0.155. The molecule has 2 aromatic heterocycles. The standard InChI is InChI=1S/C53H47N3O8S4/c1-34(25-27-61-50(59)40-17-13-38(14-18-40)44-23-21-42(63-44)30-46-48(57)55(52(65)67-46)32-36-7-5-4-6-8-36)29-35-9-11-37(12-10-35)33-56-49(58)47(68-53(56)66)31-43-22-24-45(64-43)39-15-19-41(20-16-39)51(60)62-28-26-54(2)3/h4-24,30-31,34H,25-29,32-33H2,1-3H3/b46-30+,47-31+. The quantitative estimate of drug-likeness (QED) is 0.0462. The molecule has 0 aliphatic carbocycles. The van der Waals surface area contributed by atoms with E-state index in [0.717, 1.165) is 34.2 Å². The number of likely N-dealkylation sites (N-methyl/N-ethyl adjacent to an activating group) is 1. The Hall–Kier alpha value is -6.36. The molecule has 6 aromatic rings. The Kier molecular flexibility index (Phi) is 15.7. The minimum Gasteiger partial charge on any atom is -0.462 e. The number of hydrogen-bond acceptors (Lipinski definition) is 13. The summed E-state index contributed by atoms with van der Waals surface area (Å²) in [4.78, 5) is 58.0. The monoisotopic (exact) mass is 981 g/mol. The summed E-state index contributed by atoms with van der Waals surface area (Å²) in [5.74, 6) is 1.38. The van der Waals surface area contributed by atoms with Crippen LogP contribution in [-0.2, 0) is 38.6 Å². The van der Waals surface area contributed by atoms with Crippen LogP contribution in [0.4, 0.5) is 0 Å². The van der Waals surface area contributed by atoms with Gasteiger partial charge in [-0.25, -0.2) is 9.59 Å². The highest BCUT2D eigenvalue weighted by molar-refractivity contribution is 8.27. The molecule has 8 rings (SSSR count). The fourth-order valence-electron chi connectivity index (χ4n) is 7.32. The summed E-state index contributed by atoms with van der Waals surface area (Å²) in [7, 11) is 3.83. The molecule has 2 aliphatic heterocycles. The van der Waals surface area contributed by atoms with Gasteiger partial charge in [0, 0.05) is 29.8 Å². The molecule has 0 saturated carbocycles. The number of hydrogen-bond donors (Lipinski definition) is 0. The van der Waals surface area contributed by atoms with Crippen LogP contribution in [0.2, 0.25) is 0 Å². The third-order valence-electron chi connectivity index (χ3n) is 11.1. The Labute approximate surface area is 414 Å². The molecule has 0 N–H and O–H groups in total. The third-order valence-corrected chi connectivity index (χ3v) is 13.9. The second-order valence-corrected chi connectivity index (χ2v) is 19.9. The number of nitrogens with zero attached hydrogens (tertiary/aromatic N) is 3. The SMILES string of the molecule is CC(CCOC(=O)c1ccc(-c2ccc(/C=C3/SC(=S)N(Cc4ccccc4)C3=O)o2)cc1)Cc1ccc(CN2C(=O)/C(=C\c3ccc(-c4ccc(C(=O)OCCN(C)C)cc4)o3)SC2=S)cc1. The lowest BCUT2D eigenvalue weighted by Crippen LogP contribution is -2.27. The van der Waals surface area contributed by atoms with Crippen molar-refractivity contribution in [2.24, 2.45) is 5.92 Å². The van der Waals surface area contributed by atoms with Gasteiger partial charge in [-0.1, -0.05) is 134 Å². The number of carbonyl (C=O) groups is 4. The van der Waals surface area contributed by atoms with E-state index in [1.165, 1.54) is 23.5 Å². The topological polar surface area (TPSA) is 123 Å². The predicted molar refractivity (Wildman–Crippen MR) is 275 cm³/mol. The normalized spacial score (nSPS) is 15.6. The first-order valence-electron chi connectivity index (χ1n) is 21.9. The fraction of sp³-hybridized carbons (Fsp3) is 0.208. The van der Waals surface area contributed by atoms with Crippen molar-refractivity contribution in [3.8, 4) is 22.6 Å². The second-order valence-electron chi connectivity index (χ2n) is 16.6. The molecule has 1 unspecified atom stereocenters. The molecule has 2 aliphatic rings. The summed E-state index contributed by atoms with van der Waals surface area (Å²) >= 11 is 13.6. The zero-order valence-corrected chi connectivity index (χ0v) is 40.8. The van der Waals surface area contributed by atoms with Gasteiger partial charge in [-0.15, -0.1) is 0 Å². The predicted octanol–water partition coefficient (Wildman–Crippen LogP) is 11.2. The number of amides is 2. The number of esters is 2. The van der Waals surface area contributed by atoms with Gasteiger partial charge in [0.25, 0.3) is 11.8 Å². The van der Waals surface area contributed by atoms with Crippen molar-refractivity contribution >= 4 is 92.5 Å². The molecule has 11 nitrogen and oxygen atoms in total. The number of ether oxygens (including phenoxy) is 2. The van der Waals surface area contributed by atoms with Crippen molar-refractivity contribution < 1.29 is 37.5 Å². The Bertz CT molecular complexity index is 2890. The van der Waals surface area contributed by atoms with E-state index in [9.17, 15) is 19.2 Å². The number of rotatable bonds is 18. The molecular formula is C53H47N3O8S4. The number of thioether (sulfide) groups is 2. The molecule has 346 valence electrons. The van der Waals surface area contributed by atoms with Crippen LogP contribution >= 0.6 is 48.0 Å². The van der Waals surface area contributed by atoms with Crippen LogP contribution < -0.4 is 0 Å². The average Bonchev–Trinajstić information content (AvgIpc) is 4.12. The van der Waals surface area contributed by atoms with E-state index >= 15 is 0 Å². The highest BCUT2D eigenvalue weighted by Crippen LogP contribution is 2.36. The zero-order valence-electron chi connectivity index (χ0n) is 37.5. The minimum atomic E-state index is -0.399. The van der Waals surface area contributed by atoms with Crippen LogP contribution in [0.1, 0.15) is 62.3 Å². The Morgan fingerprint density at radius 2 is 1.07 bits per heavy atom. The van der Waals surface area contributed by atoms with Crippen molar-refractivity contribution in [3.63, 3.8) is 0 Å². The lowest BCUT2D eigenvalue weighted by molar-refractivity contribution is -0.123. The van der Waals surface area contributed by atoms with Gasteiger partial charge in [0.1, 0.15) is 38.3 Å². The van der Waals surface area contributed by atoms with E-state index in [1.807, 2.05) is 85.7 Å². The smallest absolute Gasteiger partial charge is 0.338 e.